The summed E-state index contributed by atoms with van der Waals surface area (Å²) in [6.45, 7) is 2.58. The van der Waals surface area contributed by atoms with E-state index in [1.807, 2.05) is 47.4 Å². The molecule has 1 unspecified atom stereocenters. The van der Waals surface area contributed by atoms with Crippen molar-refractivity contribution in [1.29, 1.82) is 5.26 Å². The van der Waals surface area contributed by atoms with Crippen LogP contribution in [-0.2, 0) is 4.79 Å². The van der Waals surface area contributed by atoms with Crippen LogP contribution < -0.4 is 4.74 Å². The Morgan fingerprint density at radius 2 is 1.93 bits per heavy atom. The van der Waals surface area contributed by atoms with Gasteiger partial charge in [0.25, 0.3) is 0 Å². The Morgan fingerprint density at radius 3 is 2.48 bits per heavy atom. The second-order valence-electron chi connectivity index (χ2n) is 6.14. The molecule has 1 aromatic carbocycles. The molecule has 0 saturated carbocycles. The fourth-order valence-electron chi connectivity index (χ4n) is 3.03. The van der Waals surface area contributed by atoms with E-state index >= 15 is 0 Å². The zero-order valence-corrected chi connectivity index (χ0v) is 17.4. The van der Waals surface area contributed by atoms with Gasteiger partial charge in [-0.1, -0.05) is 12.1 Å². The van der Waals surface area contributed by atoms with Crippen LogP contribution in [0.25, 0.3) is 6.08 Å². The lowest BCUT2D eigenvalue weighted by Crippen LogP contribution is -2.49. The molecule has 1 aliphatic rings. The molecule has 2 heterocycles. The van der Waals surface area contributed by atoms with Gasteiger partial charge in [-0.3, -0.25) is 9.69 Å². The Hall–Kier alpha value is -2.14. The average molecular weight is 446 g/mol. The molecule has 0 spiro atoms. The van der Waals surface area contributed by atoms with Crippen LogP contribution in [0, 0.1) is 11.3 Å². The molecule has 1 saturated heterocycles. The number of amides is 1. The highest BCUT2D eigenvalue weighted by Gasteiger charge is 2.26. The molecular formula is C20H20BrN3O2S. The van der Waals surface area contributed by atoms with Crippen LogP contribution in [0.1, 0.15) is 16.5 Å². The Bertz CT molecular complexity index is 849. The summed E-state index contributed by atoms with van der Waals surface area (Å²) in [6.07, 6.45) is 3.47. The number of methoxy groups -OCH3 is 1. The van der Waals surface area contributed by atoms with Gasteiger partial charge in [-0.25, -0.2) is 0 Å². The van der Waals surface area contributed by atoms with Crippen molar-refractivity contribution in [1.82, 2.24) is 9.80 Å². The molecule has 1 aliphatic heterocycles. The lowest BCUT2D eigenvalue weighted by molar-refractivity contribution is -0.127. The monoisotopic (exact) mass is 445 g/mol. The summed E-state index contributed by atoms with van der Waals surface area (Å²) in [5.41, 5.74) is 0.946. The van der Waals surface area contributed by atoms with Gasteiger partial charge in [-0.05, 0) is 51.8 Å². The van der Waals surface area contributed by atoms with Gasteiger partial charge in [0.2, 0.25) is 5.91 Å². The third-order valence-electron chi connectivity index (χ3n) is 4.53. The fraction of sp³-hybridized carbons (Fsp3) is 0.300. The van der Waals surface area contributed by atoms with Gasteiger partial charge in [0, 0.05) is 37.1 Å². The molecule has 1 atom stereocenters. The topological polar surface area (TPSA) is 56.6 Å². The van der Waals surface area contributed by atoms with E-state index in [2.05, 4.69) is 26.9 Å². The lowest BCUT2D eigenvalue weighted by Gasteiger charge is -2.36. The van der Waals surface area contributed by atoms with Gasteiger partial charge in [0.05, 0.1) is 17.0 Å². The number of halogens is 1. The van der Waals surface area contributed by atoms with E-state index in [9.17, 15) is 10.1 Å². The van der Waals surface area contributed by atoms with Crippen molar-refractivity contribution >= 4 is 39.2 Å². The van der Waals surface area contributed by atoms with Crippen molar-refractivity contribution in [3.05, 3.63) is 56.7 Å². The van der Waals surface area contributed by atoms with Crippen molar-refractivity contribution in [3.8, 4) is 11.8 Å². The molecule has 0 aliphatic carbocycles. The summed E-state index contributed by atoms with van der Waals surface area (Å²) in [4.78, 5) is 17.4. The van der Waals surface area contributed by atoms with Crippen molar-refractivity contribution in [2.45, 2.75) is 6.04 Å². The number of rotatable bonds is 5. The van der Waals surface area contributed by atoms with Gasteiger partial charge in [-0.2, -0.15) is 5.26 Å². The minimum Gasteiger partial charge on any atom is -0.497 e. The molecule has 1 fully saturated rings. The van der Waals surface area contributed by atoms with Crippen LogP contribution in [0.4, 0.5) is 0 Å². The van der Waals surface area contributed by atoms with Crippen molar-refractivity contribution in [2.24, 2.45) is 0 Å². The number of hydrogen-bond donors (Lipinski definition) is 0. The average Bonchev–Trinajstić information content (AvgIpc) is 3.13. The SMILES string of the molecule is COc1ccc(C(C#N)N2CCN(C(=O)C=Cc3ccc(Br)s3)CC2)cc1. The maximum Gasteiger partial charge on any atom is 0.246 e. The molecule has 0 bridgehead atoms. The van der Waals surface area contributed by atoms with Crippen molar-refractivity contribution in [2.75, 3.05) is 33.3 Å². The minimum absolute atomic E-state index is 0.0112. The highest BCUT2D eigenvalue weighted by Crippen LogP contribution is 2.25. The Morgan fingerprint density at radius 1 is 1.22 bits per heavy atom. The molecule has 140 valence electrons. The zero-order chi connectivity index (χ0) is 19.2. The molecule has 0 radical (unpaired) electrons. The molecule has 2 aromatic rings. The highest BCUT2D eigenvalue weighted by atomic mass is 79.9. The lowest BCUT2D eigenvalue weighted by atomic mass is 10.1. The van der Waals surface area contributed by atoms with E-state index < -0.39 is 0 Å². The number of nitrogens with zero attached hydrogens (tertiary/aromatic N) is 3. The van der Waals surface area contributed by atoms with Crippen LogP contribution in [0.2, 0.25) is 0 Å². The van der Waals surface area contributed by atoms with Crippen molar-refractivity contribution < 1.29 is 9.53 Å². The van der Waals surface area contributed by atoms with Crippen molar-refractivity contribution in [3.63, 3.8) is 0 Å². The second kappa shape index (κ2) is 9.18. The highest BCUT2D eigenvalue weighted by molar-refractivity contribution is 9.11. The molecule has 7 heteroatoms. The zero-order valence-electron chi connectivity index (χ0n) is 15.0. The number of carbonyl (C=O) groups excluding carboxylic acids is 1. The number of thiophene rings is 1. The standard InChI is InChI=1S/C20H20BrN3O2S/c1-26-16-4-2-15(3-5-16)18(14-22)23-10-12-24(13-11-23)20(25)9-7-17-6-8-19(21)27-17/h2-9,18H,10-13H2,1H3. The quantitative estimate of drug-likeness (QED) is 0.653. The molecule has 3 rings (SSSR count). The number of hydrogen-bond acceptors (Lipinski definition) is 5. The smallest absolute Gasteiger partial charge is 0.246 e. The van der Waals surface area contributed by atoms with Crippen LogP contribution in [0.5, 0.6) is 5.75 Å². The second-order valence-corrected chi connectivity index (χ2v) is 8.64. The van der Waals surface area contributed by atoms with Crippen LogP contribution in [0.3, 0.4) is 0 Å². The van der Waals surface area contributed by atoms with Gasteiger partial charge in [0.15, 0.2) is 0 Å². The number of benzene rings is 1. The summed E-state index contributed by atoms with van der Waals surface area (Å²) in [7, 11) is 1.62. The summed E-state index contributed by atoms with van der Waals surface area (Å²) in [6, 6.07) is 13.6. The normalized spacial score (nSPS) is 16.3. The summed E-state index contributed by atoms with van der Waals surface area (Å²) in [5, 5.41) is 9.63. The maximum absolute atomic E-state index is 12.4. The molecule has 5 nitrogen and oxygen atoms in total. The third-order valence-corrected chi connectivity index (χ3v) is 6.12. The molecule has 1 aromatic heterocycles. The van der Waals surface area contributed by atoms with E-state index in [0.717, 1.165) is 20.0 Å². The Balaban J connectivity index is 1.57. The Kier molecular flexibility index (Phi) is 6.67. The van der Waals surface area contributed by atoms with E-state index in [4.69, 9.17) is 4.74 Å². The van der Waals surface area contributed by atoms with Gasteiger partial charge >= 0.3 is 0 Å². The van der Waals surface area contributed by atoms with Crippen LogP contribution in [-0.4, -0.2) is 49.0 Å². The summed E-state index contributed by atoms with van der Waals surface area (Å²) < 4.78 is 6.22. The first kappa shape index (κ1) is 19.6. The fourth-order valence-corrected chi connectivity index (χ4v) is 4.36. The van der Waals surface area contributed by atoms with Crippen LogP contribution >= 0.6 is 27.3 Å². The molecule has 0 N–H and O–H groups in total. The van der Waals surface area contributed by atoms with E-state index in [-0.39, 0.29) is 11.9 Å². The maximum atomic E-state index is 12.4. The van der Waals surface area contributed by atoms with Gasteiger partial charge in [0.1, 0.15) is 11.8 Å². The number of ether oxygens (including phenoxy) is 1. The molecule has 27 heavy (non-hydrogen) atoms. The first-order chi connectivity index (χ1) is 13.1. The summed E-state index contributed by atoms with van der Waals surface area (Å²) in [5.74, 6) is 0.785. The van der Waals surface area contributed by atoms with Gasteiger partial charge in [-0.15, -0.1) is 11.3 Å². The van der Waals surface area contributed by atoms with E-state index in [1.54, 1.807) is 24.5 Å². The van der Waals surface area contributed by atoms with E-state index in [0.29, 0.717) is 26.2 Å². The van der Waals surface area contributed by atoms with E-state index in [1.165, 1.54) is 0 Å². The Labute approximate surface area is 171 Å². The number of carbonyl (C=O) groups is 1. The first-order valence-corrected chi connectivity index (χ1v) is 10.2. The van der Waals surface area contributed by atoms with Gasteiger partial charge < -0.3 is 9.64 Å². The number of piperazine rings is 1. The predicted octanol–water partition coefficient (Wildman–Crippen LogP) is 3.94. The minimum atomic E-state index is -0.313. The third kappa shape index (κ3) is 4.98. The summed E-state index contributed by atoms with van der Waals surface area (Å²) >= 11 is 5.01. The largest absolute Gasteiger partial charge is 0.497 e. The number of nitriles is 1. The molecular weight excluding hydrogens is 426 g/mol. The predicted molar refractivity (Wildman–Crippen MR) is 111 cm³/mol. The molecule has 1 amide bonds. The first-order valence-electron chi connectivity index (χ1n) is 8.60. The van der Waals surface area contributed by atoms with Crippen LogP contribution in [0.15, 0.2) is 46.3 Å².